The number of halogens is 2. The zero-order valence-corrected chi connectivity index (χ0v) is 12.3. The van der Waals surface area contributed by atoms with E-state index in [1.165, 1.54) is 0 Å². The van der Waals surface area contributed by atoms with Gasteiger partial charge in [-0.3, -0.25) is 16.0 Å². The quantitative estimate of drug-likeness (QED) is 0.674. The molecule has 0 aliphatic carbocycles. The largest absolute Gasteiger partial charge is 0.273 e. The molecule has 1 atom stereocenters. The second-order valence-electron chi connectivity index (χ2n) is 4.47. The number of nitrogens with zero attached hydrogens (tertiary/aromatic N) is 2. The van der Waals surface area contributed by atoms with Crippen molar-refractivity contribution >= 4 is 23.2 Å². The monoisotopic (exact) mass is 298 g/mol. The van der Waals surface area contributed by atoms with E-state index in [2.05, 4.69) is 10.5 Å². The van der Waals surface area contributed by atoms with Crippen LogP contribution in [0.25, 0.3) is 0 Å². The summed E-state index contributed by atoms with van der Waals surface area (Å²) in [6.45, 7) is 2.01. The van der Waals surface area contributed by atoms with Crippen LogP contribution in [0, 0.1) is 6.92 Å². The van der Waals surface area contributed by atoms with Gasteiger partial charge in [0.05, 0.1) is 12.2 Å². The molecule has 2 aromatic rings. The van der Waals surface area contributed by atoms with Crippen molar-refractivity contribution in [2.24, 2.45) is 12.9 Å². The molecule has 2 rings (SSSR count). The fourth-order valence-corrected chi connectivity index (χ4v) is 2.51. The number of nitrogens with one attached hydrogen (secondary N) is 1. The minimum absolute atomic E-state index is 0.0348. The Bertz CT molecular complexity index is 580. The lowest BCUT2D eigenvalue weighted by Gasteiger charge is -2.16. The van der Waals surface area contributed by atoms with Gasteiger partial charge in [-0.25, -0.2) is 0 Å². The van der Waals surface area contributed by atoms with Crippen molar-refractivity contribution in [3.8, 4) is 0 Å². The molecule has 19 heavy (non-hydrogen) atoms. The van der Waals surface area contributed by atoms with Gasteiger partial charge in [-0.05, 0) is 31.0 Å². The van der Waals surface area contributed by atoms with Gasteiger partial charge >= 0.3 is 0 Å². The second-order valence-corrected chi connectivity index (χ2v) is 5.31. The molecular formula is C13H16Cl2N4. The van der Waals surface area contributed by atoms with Crippen molar-refractivity contribution in [2.45, 2.75) is 19.4 Å². The minimum atomic E-state index is -0.0348. The van der Waals surface area contributed by atoms with Crippen LogP contribution in [-0.4, -0.2) is 9.78 Å². The van der Waals surface area contributed by atoms with Crippen LogP contribution in [0.1, 0.15) is 22.9 Å². The Morgan fingerprint density at radius 2 is 2.16 bits per heavy atom. The molecule has 0 saturated carbocycles. The summed E-state index contributed by atoms with van der Waals surface area (Å²) < 4.78 is 1.82. The summed E-state index contributed by atoms with van der Waals surface area (Å²) in [5.41, 5.74) is 5.96. The summed E-state index contributed by atoms with van der Waals surface area (Å²) in [5, 5.41) is 5.51. The van der Waals surface area contributed by atoms with Gasteiger partial charge in [0.2, 0.25) is 0 Å². The molecule has 0 aliphatic rings. The highest BCUT2D eigenvalue weighted by Crippen LogP contribution is 2.26. The third kappa shape index (κ3) is 3.09. The van der Waals surface area contributed by atoms with E-state index in [9.17, 15) is 0 Å². The zero-order chi connectivity index (χ0) is 14.0. The van der Waals surface area contributed by atoms with Crippen LogP contribution in [0.3, 0.4) is 0 Å². The minimum Gasteiger partial charge on any atom is -0.273 e. The number of aryl methyl sites for hydroxylation is 1. The number of rotatable bonds is 4. The lowest BCUT2D eigenvalue weighted by atomic mass is 10.00. The van der Waals surface area contributed by atoms with Crippen LogP contribution in [-0.2, 0) is 13.5 Å². The Kier molecular flexibility index (Phi) is 4.47. The van der Waals surface area contributed by atoms with Crippen LogP contribution in [0.4, 0.5) is 0 Å². The molecule has 1 aromatic heterocycles. The fourth-order valence-electron chi connectivity index (χ4n) is 2.02. The molecule has 1 aromatic carbocycles. The molecule has 0 radical (unpaired) electrons. The first-order valence-electron chi connectivity index (χ1n) is 5.91. The topological polar surface area (TPSA) is 55.9 Å². The fraction of sp³-hybridized carbons (Fsp3) is 0.308. The van der Waals surface area contributed by atoms with E-state index < -0.39 is 0 Å². The van der Waals surface area contributed by atoms with E-state index in [0.717, 1.165) is 16.8 Å². The zero-order valence-electron chi connectivity index (χ0n) is 10.8. The smallest absolute Gasteiger partial charge is 0.0540 e. The number of nitrogens with two attached hydrogens (primary N) is 1. The Balaban J connectivity index is 2.26. The van der Waals surface area contributed by atoms with Crippen LogP contribution in [0.15, 0.2) is 24.4 Å². The molecular weight excluding hydrogens is 283 g/mol. The summed E-state index contributed by atoms with van der Waals surface area (Å²) >= 11 is 12.1. The van der Waals surface area contributed by atoms with E-state index in [1.807, 2.05) is 37.0 Å². The molecule has 0 bridgehead atoms. The van der Waals surface area contributed by atoms with Crippen LogP contribution < -0.4 is 11.3 Å². The Morgan fingerprint density at radius 3 is 2.68 bits per heavy atom. The number of benzene rings is 1. The van der Waals surface area contributed by atoms with Crippen LogP contribution in [0.5, 0.6) is 0 Å². The first kappa shape index (κ1) is 14.3. The van der Waals surface area contributed by atoms with Gasteiger partial charge in [0.1, 0.15) is 0 Å². The Hall–Kier alpha value is -1.07. The predicted molar refractivity (Wildman–Crippen MR) is 78.2 cm³/mol. The van der Waals surface area contributed by atoms with Crippen molar-refractivity contribution in [3.63, 3.8) is 0 Å². The highest BCUT2D eigenvalue weighted by atomic mass is 35.5. The summed E-state index contributed by atoms with van der Waals surface area (Å²) in [6, 6.07) is 5.45. The SMILES string of the molecule is Cc1c(C(Cc2ccc(Cl)cc2Cl)NN)cnn1C. The van der Waals surface area contributed by atoms with Crippen LogP contribution >= 0.6 is 23.2 Å². The van der Waals surface area contributed by atoms with E-state index in [1.54, 1.807) is 6.07 Å². The molecule has 0 spiro atoms. The summed E-state index contributed by atoms with van der Waals surface area (Å²) in [7, 11) is 1.90. The highest BCUT2D eigenvalue weighted by molar-refractivity contribution is 6.35. The molecule has 0 fully saturated rings. The molecule has 0 aliphatic heterocycles. The predicted octanol–water partition coefficient (Wildman–Crippen LogP) is 2.78. The number of hydrogen-bond donors (Lipinski definition) is 2. The van der Waals surface area contributed by atoms with Crippen molar-refractivity contribution in [1.29, 1.82) is 0 Å². The first-order valence-corrected chi connectivity index (χ1v) is 6.67. The molecule has 4 nitrogen and oxygen atoms in total. The van der Waals surface area contributed by atoms with Gasteiger partial charge < -0.3 is 0 Å². The standard InChI is InChI=1S/C13H16Cl2N4/c1-8-11(7-17-19(8)2)13(18-16)5-9-3-4-10(14)6-12(9)15/h3-4,6-7,13,18H,5,16H2,1-2H3. The highest BCUT2D eigenvalue weighted by Gasteiger charge is 2.17. The first-order chi connectivity index (χ1) is 9.02. The molecule has 1 heterocycles. The number of hydrogen-bond acceptors (Lipinski definition) is 3. The lowest BCUT2D eigenvalue weighted by Crippen LogP contribution is -2.30. The van der Waals surface area contributed by atoms with Gasteiger partial charge in [-0.15, -0.1) is 0 Å². The van der Waals surface area contributed by atoms with Crippen molar-refractivity contribution in [2.75, 3.05) is 0 Å². The molecule has 102 valence electrons. The average molecular weight is 299 g/mol. The number of aromatic nitrogens is 2. The van der Waals surface area contributed by atoms with E-state index in [0.29, 0.717) is 16.5 Å². The summed E-state index contributed by atoms with van der Waals surface area (Å²) in [4.78, 5) is 0. The molecule has 3 N–H and O–H groups in total. The second kappa shape index (κ2) is 5.92. The van der Waals surface area contributed by atoms with Crippen molar-refractivity contribution in [1.82, 2.24) is 15.2 Å². The van der Waals surface area contributed by atoms with E-state index >= 15 is 0 Å². The normalized spacial score (nSPS) is 12.7. The van der Waals surface area contributed by atoms with Gasteiger partial charge in [-0.2, -0.15) is 5.10 Å². The third-order valence-corrected chi connectivity index (χ3v) is 3.88. The maximum Gasteiger partial charge on any atom is 0.0540 e. The third-order valence-electron chi connectivity index (χ3n) is 3.29. The number of hydrazine groups is 1. The van der Waals surface area contributed by atoms with E-state index in [-0.39, 0.29) is 6.04 Å². The van der Waals surface area contributed by atoms with Gasteiger partial charge in [0.15, 0.2) is 0 Å². The van der Waals surface area contributed by atoms with Gasteiger partial charge in [-0.1, -0.05) is 29.3 Å². The summed E-state index contributed by atoms with van der Waals surface area (Å²) in [6.07, 6.45) is 2.50. The van der Waals surface area contributed by atoms with Gasteiger partial charge in [0, 0.05) is 28.4 Å². The Morgan fingerprint density at radius 1 is 1.42 bits per heavy atom. The average Bonchev–Trinajstić information content (AvgIpc) is 2.70. The van der Waals surface area contributed by atoms with E-state index in [4.69, 9.17) is 29.0 Å². The molecule has 0 saturated heterocycles. The van der Waals surface area contributed by atoms with Crippen molar-refractivity contribution in [3.05, 3.63) is 51.3 Å². The van der Waals surface area contributed by atoms with Crippen molar-refractivity contribution < 1.29 is 0 Å². The molecule has 1 unspecified atom stereocenters. The maximum atomic E-state index is 6.19. The molecule has 0 amide bonds. The van der Waals surface area contributed by atoms with Crippen LogP contribution in [0.2, 0.25) is 10.0 Å². The summed E-state index contributed by atoms with van der Waals surface area (Å²) in [5.74, 6) is 5.65. The molecule has 6 heteroatoms. The maximum absolute atomic E-state index is 6.19. The Labute approximate surface area is 122 Å². The lowest BCUT2D eigenvalue weighted by molar-refractivity contribution is 0.548. The van der Waals surface area contributed by atoms with Gasteiger partial charge in [0.25, 0.3) is 0 Å².